The van der Waals surface area contributed by atoms with Crippen LogP contribution in [-0.4, -0.2) is 6.10 Å². The molecule has 0 saturated carbocycles. The van der Waals surface area contributed by atoms with Gasteiger partial charge in [0.25, 0.3) is 0 Å². The summed E-state index contributed by atoms with van der Waals surface area (Å²) in [6.45, 7) is 3.96. The monoisotopic (exact) mass is 276 g/mol. The largest absolute Gasteiger partial charge is 0.490 e. The lowest BCUT2D eigenvalue weighted by molar-refractivity contribution is 0.243. The van der Waals surface area contributed by atoms with Crippen LogP contribution in [0, 0.1) is 0 Å². The van der Waals surface area contributed by atoms with Crippen LogP contribution < -0.4 is 16.2 Å². The van der Waals surface area contributed by atoms with E-state index in [1.807, 2.05) is 38.1 Å². The quantitative estimate of drug-likeness (QED) is 0.834. The minimum absolute atomic E-state index is 0.0889. The molecule has 2 rings (SSSR count). The van der Waals surface area contributed by atoms with E-state index in [2.05, 4.69) is 0 Å². The molecule has 0 atom stereocenters. The lowest BCUT2D eigenvalue weighted by Gasteiger charge is -2.16. The van der Waals surface area contributed by atoms with Gasteiger partial charge in [-0.25, -0.2) is 0 Å². The molecule has 0 saturated heterocycles. The SMILES string of the molecule is CC(C)Oc1ccccc1-c1cc(N)c(N)cc1Cl. The van der Waals surface area contributed by atoms with Crippen LogP contribution in [0.25, 0.3) is 11.1 Å². The summed E-state index contributed by atoms with van der Waals surface area (Å²) in [5.41, 5.74) is 14.3. The molecular formula is C15H17ClN2O. The van der Waals surface area contributed by atoms with Crippen LogP contribution in [0.1, 0.15) is 13.8 Å². The topological polar surface area (TPSA) is 61.3 Å². The zero-order chi connectivity index (χ0) is 14.0. The van der Waals surface area contributed by atoms with Gasteiger partial charge in [-0.05, 0) is 32.0 Å². The van der Waals surface area contributed by atoms with E-state index in [1.54, 1.807) is 12.1 Å². The van der Waals surface area contributed by atoms with Crippen molar-refractivity contribution in [1.82, 2.24) is 0 Å². The Hall–Kier alpha value is -1.87. The van der Waals surface area contributed by atoms with Crippen molar-refractivity contribution in [2.24, 2.45) is 0 Å². The molecule has 3 nitrogen and oxygen atoms in total. The van der Waals surface area contributed by atoms with Gasteiger partial charge in [-0.1, -0.05) is 29.8 Å². The van der Waals surface area contributed by atoms with Gasteiger partial charge in [0.05, 0.1) is 22.5 Å². The van der Waals surface area contributed by atoms with Crippen LogP contribution in [0.5, 0.6) is 5.75 Å². The van der Waals surface area contributed by atoms with Crippen LogP contribution in [-0.2, 0) is 0 Å². The summed E-state index contributed by atoms with van der Waals surface area (Å²) in [6, 6.07) is 11.2. The Morgan fingerprint density at radius 3 is 2.32 bits per heavy atom. The van der Waals surface area contributed by atoms with Crippen molar-refractivity contribution in [3.05, 3.63) is 41.4 Å². The number of nitrogen functional groups attached to an aromatic ring is 2. The van der Waals surface area contributed by atoms with Gasteiger partial charge in [-0.3, -0.25) is 0 Å². The molecule has 0 unspecified atom stereocenters. The standard InChI is InChI=1S/C15H17ClN2O/c1-9(2)19-15-6-4-3-5-10(15)11-7-13(17)14(18)8-12(11)16/h3-9H,17-18H2,1-2H3. The van der Waals surface area contributed by atoms with Gasteiger partial charge in [-0.2, -0.15) is 0 Å². The predicted molar refractivity (Wildman–Crippen MR) is 81.5 cm³/mol. The van der Waals surface area contributed by atoms with Crippen LogP contribution >= 0.6 is 11.6 Å². The Morgan fingerprint density at radius 1 is 1.00 bits per heavy atom. The van der Waals surface area contributed by atoms with E-state index >= 15 is 0 Å². The first-order valence-corrected chi connectivity index (χ1v) is 6.47. The molecule has 2 aromatic rings. The molecule has 100 valence electrons. The number of nitrogens with two attached hydrogens (primary N) is 2. The Kier molecular flexibility index (Phi) is 3.86. The van der Waals surface area contributed by atoms with Crippen molar-refractivity contribution in [2.45, 2.75) is 20.0 Å². The van der Waals surface area contributed by atoms with Crippen LogP contribution in [0.15, 0.2) is 36.4 Å². The van der Waals surface area contributed by atoms with Crippen molar-refractivity contribution >= 4 is 23.0 Å². The van der Waals surface area contributed by atoms with E-state index in [0.717, 1.165) is 16.9 Å². The second-order valence-corrected chi connectivity index (χ2v) is 5.03. The summed E-state index contributed by atoms with van der Waals surface area (Å²) in [6.07, 6.45) is 0.0889. The fourth-order valence-corrected chi connectivity index (χ4v) is 2.13. The van der Waals surface area contributed by atoms with Crippen molar-refractivity contribution in [2.75, 3.05) is 11.5 Å². The van der Waals surface area contributed by atoms with Gasteiger partial charge < -0.3 is 16.2 Å². The maximum absolute atomic E-state index is 6.25. The summed E-state index contributed by atoms with van der Waals surface area (Å²) < 4.78 is 5.79. The molecule has 0 spiro atoms. The first-order valence-electron chi connectivity index (χ1n) is 6.09. The molecule has 0 amide bonds. The van der Waals surface area contributed by atoms with Gasteiger partial charge in [0.15, 0.2) is 0 Å². The molecule has 0 bridgehead atoms. The molecule has 0 aliphatic carbocycles. The molecule has 0 fully saturated rings. The van der Waals surface area contributed by atoms with E-state index in [1.165, 1.54) is 0 Å². The number of anilines is 2. The van der Waals surface area contributed by atoms with E-state index < -0.39 is 0 Å². The molecular weight excluding hydrogens is 260 g/mol. The summed E-state index contributed by atoms with van der Waals surface area (Å²) in [7, 11) is 0. The van der Waals surface area contributed by atoms with E-state index in [-0.39, 0.29) is 6.10 Å². The maximum atomic E-state index is 6.25. The molecule has 19 heavy (non-hydrogen) atoms. The van der Waals surface area contributed by atoms with Crippen molar-refractivity contribution in [3.8, 4) is 16.9 Å². The zero-order valence-electron chi connectivity index (χ0n) is 11.0. The average Bonchev–Trinajstić information content (AvgIpc) is 2.34. The van der Waals surface area contributed by atoms with Crippen molar-refractivity contribution in [3.63, 3.8) is 0 Å². The summed E-state index contributed by atoms with van der Waals surface area (Å²) in [5, 5.41) is 0.562. The number of hydrogen-bond donors (Lipinski definition) is 2. The summed E-state index contributed by atoms with van der Waals surface area (Å²) in [5.74, 6) is 0.781. The van der Waals surface area contributed by atoms with Crippen molar-refractivity contribution < 1.29 is 4.74 Å². The Morgan fingerprint density at radius 2 is 1.63 bits per heavy atom. The fraction of sp³-hybridized carbons (Fsp3) is 0.200. The van der Waals surface area contributed by atoms with Crippen LogP contribution in [0.3, 0.4) is 0 Å². The fourth-order valence-electron chi connectivity index (χ4n) is 1.86. The zero-order valence-corrected chi connectivity index (χ0v) is 11.7. The minimum Gasteiger partial charge on any atom is -0.490 e. The lowest BCUT2D eigenvalue weighted by Crippen LogP contribution is -2.06. The third-order valence-electron chi connectivity index (χ3n) is 2.71. The van der Waals surface area contributed by atoms with E-state index in [9.17, 15) is 0 Å². The number of ether oxygens (including phenoxy) is 1. The van der Waals surface area contributed by atoms with Crippen LogP contribution in [0.4, 0.5) is 11.4 Å². The third-order valence-corrected chi connectivity index (χ3v) is 3.03. The van der Waals surface area contributed by atoms with Gasteiger partial charge in [0.2, 0.25) is 0 Å². The molecule has 0 radical (unpaired) electrons. The molecule has 0 aromatic heterocycles. The Labute approximate surface area is 118 Å². The highest BCUT2D eigenvalue weighted by atomic mass is 35.5. The van der Waals surface area contributed by atoms with Gasteiger partial charge in [-0.15, -0.1) is 0 Å². The lowest BCUT2D eigenvalue weighted by atomic mass is 10.0. The highest BCUT2D eigenvalue weighted by Gasteiger charge is 2.12. The molecule has 0 aliphatic rings. The highest BCUT2D eigenvalue weighted by molar-refractivity contribution is 6.34. The third kappa shape index (κ3) is 2.93. The van der Waals surface area contributed by atoms with Gasteiger partial charge in [0.1, 0.15) is 5.75 Å². The maximum Gasteiger partial charge on any atom is 0.127 e. The Balaban J connectivity index is 2.56. The number of rotatable bonds is 3. The predicted octanol–water partition coefficient (Wildman–Crippen LogP) is 3.96. The molecule has 0 aliphatic heterocycles. The number of benzene rings is 2. The smallest absolute Gasteiger partial charge is 0.127 e. The number of halogens is 1. The van der Waals surface area contributed by atoms with E-state index in [4.69, 9.17) is 27.8 Å². The Bertz CT molecular complexity index is 597. The number of para-hydroxylation sites is 1. The van der Waals surface area contributed by atoms with E-state index in [0.29, 0.717) is 16.4 Å². The second kappa shape index (κ2) is 5.41. The van der Waals surface area contributed by atoms with Gasteiger partial charge in [0, 0.05) is 11.1 Å². The minimum atomic E-state index is 0.0889. The first-order chi connectivity index (χ1) is 8.99. The summed E-state index contributed by atoms with van der Waals surface area (Å²) >= 11 is 6.25. The first kappa shape index (κ1) is 13.6. The molecule has 2 aromatic carbocycles. The van der Waals surface area contributed by atoms with Gasteiger partial charge >= 0.3 is 0 Å². The summed E-state index contributed by atoms with van der Waals surface area (Å²) in [4.78, 5) is 0. The highest BCUT2D eigenvalue weighted by Crippen LogP contribution is 2.38. The molecule has 4 N–H and O–H groups in total. The average molecular weight is 277 g/mol. The van der Waals surface area contributed by atoms with Crippen LogP contribution in [0.2, 0.25) is 5.02 Å². The van der Waals surface area contributed by atoms with Crippen molar-refractivity contribution in [1.29, 1.82) is 0 Å². The molecule has 0 heterocycles. The normalized spacial score (nSPS) is 10.7. The number of hydrogen-bond acceptors (Lipinski definition) is 3. The second-order valence-electron chi connectivity index (χ2n) is 4.62. The molecule has 4 heteroatoms.